The Morgan fingerprint density at radius 2 is 2.06 bits per heavy atom. The fraction of sp³-hybridized carbons (Fsp3) is 0.333. The van der Waals surface area contributed by atoms with Gasteiger partial charge < -0.3 is 15.2 Å². The lowest BCUT2D eigenvalue weighted by Crippen LogP contribution is -2.23. The Hall–Kier alpha value is -2.04. The standard InChI is InChI=1S/C12H15NO4/c1-7(13-8(2)14)9-4-5-11(17-3)10(6-9)12(15)16/h4-7H,1-3H3,(H,13,14)(H,15,16)/t7-/m0/s1. The van der Waals surface area contributed by atoms with Gasteiger partial charge in [0.05, 0.1) is 13.2 Å². The van der Waals surface area contributed by atoms with Gasteiger partial charge in [-0.3, -0.25) is 4.79 Å². The van der Waals surface area contributed by atoms with Crippen LogP contribution in [0.15, 0.2) is 18.2 Å². The Kier molecular flexibility index (Phi) is 4.09. The van der Waals surface area contributed by atoms with Crippen molar-refractivity contribution in [3.8, 4) is 5.75 Å². The van der Waals surface area contributed by atoms with Crippen LogP contribution in [0.4, 0.5) is 0 Å². The molecule has 0 saturated carbocycles. The normalized spacial score (nSPS) is 11.7. The molecule has 17 heavy (non-hydrogen) atoms. The Bertz CT molecular complexity index is 442. The lowest BCUT2D eigenvalue weighted by molar-refractivity contribution is -0.119. The van der Waals surface area contributed by atoms with Crippen molar-refractivity contribution in [2.24, 2.45) is 0 Å². The molecule has 0 unspecified atom stereocenters. The summed E-state index contributed by atoms with van der Waals surface area (Å²) in [6.07, 6.45) is 0. The van der Waals surface area contributed by atoms with Gasteiger partial charge in [-0.25, -0.2) is 4.79 Å². The van der Waals surface area contributed by atoms with E-state index in [2.05, 4.69) is 5.32 Å². The summed E-state index contributed by atoms with van der Waals surface area (Å²) in [7, 11) is 1.42. The highest BCUT2D eigenvalue weighted by Crippen LogP contribution is 2.23. The summed E-state index contributed by atoms with van der Waals surface area (Å²) in [6, 6.07) is 4.57. The topological polar surface area (TPSA) is 75.6 Å². The number of carbonyl (C=O) groups excluding carboxylic acids is 1. The van der Waals surface area contributed by atoms with Crippen LogP contribution in [-0.2, 0) is 4.79 Å². The molecule has 0 aliphatic rings. The van der Waals surface area contributed by atoms with E-state index in [9.17, 15) is 9.59 Å². The number of benzene rings is 1. The van der Waals surface area contributed by atoms with E-state index >= 15 is 0 Å². The monoisotopic (exact) mass is 237 g/mol. The number of methoxy groups -OCH3 is 1. The van der Waals surface area contributed by atoms with Crippen molar-refractivity contribution in [1.29, 1.82) is 0 Å². The Morgan fingerprint density at radius 1 is 1.41 bits per heavy atom. The van der Waals surface area contributed by atoms with E-state index in [4.69, 9.17) is 9.84 Å². The number of hydrogen-bond acceptors (Lipinski definition) is 3. The van der Waals surface area contributed by atoms with Gasteiger partial charge in [0.2, 0.25) is 5.91 Å². The highest BCUT2D eigenvalue weighted by Gasteiger charge is 2.14. The maximum absolute atomic E-state index is 11.0. The molecule has 2 N–H and O–H groups in total. The third-order valence-corrected chi connectivity index (χ3v) is 2.37. The predicted octanol–water partition coefficient (Wildman–Crippen LogP) is 1.59. The molecule has 0 spiro atoms. The molecule has 5 nitrogen and oxygen atoms in total. The van der Waals surface area contributed by atoms with Gasteiger partial charge in [0.15, 0.2) is 0 Å². The molecular weight excluding hydrogens is 222 g/mol. The molecule has 0 aromatic heterocycles. The Morgan fingerprint density at radius 3 is 2.53 bits per heavy atom. The number of rotatable bonds is 4. The van der Waals surface area contributed by atoms with Crippen LogP contribution in [0.2, 0.25) is 0 Å². The third-order valence-electron chi connectivity index (χ3n) is 2.37. The van der Waals surface area contributed by atoms with Gasteiger partial charge in [-0.05, 0) is 24.6 Å². The molecule has 92 valence electrons. The molecule has 1 rings (SSSR count). The summed E-state index contributed by atoms with van der Waals surface area (Å²) in [6.45, 7) is 3.20. The summed E-state index contributed by atoms with van der Waals surface area (Å²) in [4.78, 5) is 21.9. The van der Waals surface area contributed by atoms with Crippen LogP contribution in [0, 0.1) is 0 Å². The molecule has 0 saturated heterocycles. The zero-order chi connectivity index (χ0) is 13.0. The van der Waals surface area contributed by atoms with Crippen LogP contribution in [0.1, 0.15) is 35.8 Å². The van der Waals surface area contributed by atoms with Gasteiger partial charge >= 0.3 is 5.97 Å². The molecular formula is C12H15NO4. The highest BCUT2D eigenvalue weighted by atomic mass is 16.5. The molecule has 0 bridgehead atoms. The summed E-state index contributed by atoms with van der Waals surface area (Å²) in [5, 5.41) is 11.7. The molecule has 5 heteroatoms. The third kappa shape index (κ3) is 3.21. The number of hydrogen-bond donors (Lipinski definition) is 2. The molecule has 1 atom stereocenters. The van der Waals surface area contributed by atoms with Crippen molar-refractivity contribution in [2.45, 2.75) is 19.9 Å². The van der Waals surface area contributed by atoms with E-state index in [1.54, 1.807) is 19.1 Å². The van der Waals surface area contributed by atoms with Gasteiger partial charge in [-0.2, -0.15) is 0 Å². The van der Waals surface area contributed by atoms with Gasteiger partial charge in [0, 0.05) is 6.92 Å². The fourth-order valence-electron chi connectivity index (χ4n) is 1.55. The van der Waals surface area contributed by atoms with Crippen molar-refractivity contribution in [3.63, 3.8) is 0 Å². The fourth-order valence-corrected chi connectivity index (χ4v) is 1.55. The van der Waals surface area contributed by atoms with Crippen LogP contribution in [0.5, 0.6) is 5.75 Å². The first kappa shape index (κ1) is 13.0. The largest absolute Gasteiger partial charge is 0.496 e. The van der Waals surface area contributed by atoms with Gasteiger partial charge in [0.1, 0.15) is 11.3 Å². The minimum Gasteiger partial charge on any atom is -0.496 e. The summed E-state index contributed by atoms with van der Waals surface area (Å²) in [5.74, 6) is -0.916. The Balaban J connectivity index is 3.07. The SMILES string of the molecule is COc1ccc([C@H](C)NC(C)=O)cc1C(=O)O. The first-order valence-corrected chi connectivity index (χ1v) is 5.14. The van der Waals surface area contributed by atoms with Crippen molar-refractivity contribution >= 4 is 11.9 Å². The lowest BCUT2D eigenvalue weighted by Gasteiger charge is -2.14. The van der Waals surface area contributed by atoms with Crippen LogP contribution in [0.3, 0.4) is 0 Å². The maximum Gasteiger partial charge on any atom is 0.339 e. The smallest absolute Gasteiger partial charge is 0.339 e. The second kappa shape index (κ2) is 5.34. The first-order valence-electron chi connectivity index (χ1n) is 5.14. The number of carboxylic acids is 1. The van der Waals surface area contributed by atoms with Crippen LogP contribution < -0.4 is 10.1 Å². The second-order valence-electron chi connectivity index (χ2n) is 3.69. The van der Waals surface area contributed by atoms with E-state index in [0.29, 0.717) is 5.75 Å². The summed E-state index contributed by atoms with van der Waals surface area (Å²) < 4.78 is 4.95. The highest BCUT2D eigenvalue weighted by molar-refractivity contribution is 5.91. The maximum atomic E-state index is 11.0. The number of ether oxygens (including phenoxy) is 1. The molecule has 0 fully saturated rings. The number of carboxylic acid groups (broad SMARTS) is 1. The summed E-state index contributed by atoms with van der Waals surface area (Å²) >= 11 is 0. The second-order valence-corrected chi connectivity index (χ2v) is 3.69. The quantitative estimate of drug-likeness (QED) is 0.833. The molecule has 0 radical (unpaired) electrons. The van der Waals surface area contributed by atoms with Crippen molar-refractivity contribution < 1.29 is 19.4 Å². The lowest BCUT2D eigenvalue weighted by atomic mass is 10.0. The number of carbonyl (C=O) groups is 2. The molecule has 0 aliphatic carbocycles. The molecule has 0 aliphatic heterocycles. The first-order chi connectivity index (χ1) is 7.95. The molecule has 0 heterocycles. The average molecular weight is 237 g/mol. The predicted molar refractivity (Wildman–Crippen MR) is 62.2 cm³/mol. The van der Waals surface area contributed by atoms with Crippen molar-refractivity contribution in [1.82, 2.24) is 5.32 Å². The molecule has 1 aromatic carbocycles. The van der Waals surface area contributed by atoms with E-state index in [1.807, 2.05) is 0 Å². The van der Waals surface area contributed by atoms with E-state index in [1.165, 1.54) is 20.1 Å². The zero-order valence-electron chi connectivity index (χ0n) is 9.98. The van der Waals surface area contributed by atoms with E-state index in [0.717, 1.165) is 5.56 Å². The molecule has 1 aromatic rings. The van der Waals surface area contributed by atoms with Crippen molar-refractivity contribution in [3.05, 3.63) is 29.3 Å². The molecule has 1 amide bonds. The average Bonchev–Trinajstić information content (AvgIpc) is 2.27. The van der Waals surface area contributed by atoms with E-state index in [-0.39, 0.29) is 17.5 Å². The number of amides is 1. The Labute approximate surface area is 99.4 Å². The van der Waals surface area contributed by atoms with Gasteiger partial charge in [-0.1, -0.05) is 6.07 Å². The van der Waals surface area contributed by atoms with Crippen LogP contribution in [0.25, 0.3) is 0 Å². The minimum atomic E-state index is -1.06. The van der Waals surface area contributed by atoms with Crippen LogP contribution in [-0.4, -0.2) is 24.1 Å². The number of nitrogens with one attached hydrogen (secondary N) is 1. The van der Waals surface area contributed by atoms with Gasteiger partial charge in [0.25, 0.3) is 0 Å². The minimum absolute atomic E-state index is 0.0854. The summed E-state index contributed by atoms with van der Waals surface area (Å²) in [5.41, 5.74) is 0.806. The van der Waals surface area contributed by atoms with Crippen LogP contribution >= 0.6 is 0 Å². The number of aromatic carboxylic acids is 1. The van der Waals surface area contributed by atoms with E-state index < -0.39 is 5.97 Å². The van der Waals surface area contributed by atoms with Crippen molar-refractivity contribution in [2.75, 3.05) is 7.11 Å². The zero-order valence-corrected chi connectivity index (χ0v) is 9.98. The van der Waals surface area contributed by atoms with Gasteiger partial charge in [-0.15, -0.1) is 0 Å².